The van der Waals surface area contributed by atoms with Crippen LogP contribution in [0.1, 0.15) is 5.56 Å². The summed E-state index contributed by atoms with van der Waals surface area (Å²) in [4.78, 5) is 25.8. The summed E-state index contributed by atoms with van der Waals surface area (Å²) < 4.78 is 5.67. The van der Waals surface area contributed by atoms with Gasteiger partial charge >= 0.3 is 0 Å². The normalized spacial score (nSPS) is 13.6. The van der Waals surface area contributed by atoms with Gasteiger partial charge in [0.1, 0.15) is 5.75 Å². The molecule has 0 radical (unpaired) electrons. The summed E-state index contributed by atoms with van der Waals surface area (Å²) in [5, 5.41) is 0.670. The summed E-state index contributed by atoms with van der Waals surface area (Å²) in [5.41, 5.74) is 2.48. The van der Waals surface area contributed by atoms with Crippen molar-refractivity contribution < 1.29 is 9.53 Å². The van der Waals surface area contributed by atoms with Crippen LogP contribution in [0.2, 0.25) is 5.02 Å². The molecule has 0 atom stereocenters. The van der Waals surface area contributed by atoms with Gasteiger partial charge < -0.3 is 9.64 Å². The van der Waals surface area contributed by atoms with E-state index in [-0.39, 0.29) is 12.5 Å². The minimum atomic E-state index is -0.151. The highest BCUT2D eigenvalue weighted by Gasteiger charge is 2.28. The number of aryl methyl sites for hydroxylation is 1. The van der Waals surface area contributed by atoms with Gasteiger partial charge in [-0.2, -0.15) is 0 Å². The van der Waals surface area contributed by atoms with Crippen LogP contribution in [0.4, 0.5) is 11.6 Å². The highest BCUT2D eigenvalue weighted by molar-refractivity contribution is 6.31. The number of carbonyl (C=O) groups is 1. The maximum absolute atomic E-state index is 12.8. The number of amides is 1. The molecule has 7 heteroatoms. The second-order valence-electron chi connectivity index (χ2n) is 6.53. The number of ether oxygens (including phenoxy) is 1. The first-order valence-corrected chi connectivity index (χ1v) is 9.08. The molecular weight excluding hydrogens is 364 g/mol. The van der Waals surface area contributed by atoms with E-state index in [9.17, 15) is 4.79 Å². The molecule has 0 saturated carbocycles. The Bertz CT molecular complexity index is 1020. The maximum atomic E-state index is 12.8. The number of hydrogen-bond acceptors (Lipinski definition) is 5. The Kier molecular flexibility index (Phi) is 4.58. The number of aromatic nitrogens is 2. The van der Waals surface area contributed by atoms with Crippen molar-refractivity contribution in [2.24, 2.45) is 0 Å². The van der Waals surface area contributed by atoms with Gasteiger partial charge in [-0.25, -0.2) is 9.97 Å². The minimum absolute atomic E-state index is 0.0707. The fraction of sp³-hybridized carbons (Fsp3) is 0.250. The van der Waals surface area contributed by atoms with Gasteiger partial charge in [0.05, 0.1) is 11.0 Å². The first-order valence-electron chi connectivity index (χ1n) is 8.70. The van der Waals surface area contributed by atoms with Gasteiger partial charge in [-0.1, -0.05) is 23.7 Å². The van der Waals surface area contributed by atoms with E-state index in [2.05, 4.69) is 9.97 Å². The van der Waals surface area contributed by atoms with Crippen molar-refractivity contribution in [1.82, 2.24) is 9.97 Å². The molecule has 1 amide bonds. The lowest BCUT2D eigenvalue weighted by atomic mass is 10.2. The Morgan fingerprint density at radius 3 is 2.52 bits per heavy atom. The molecular formula is C20H19ClN4O2. The number of halogens is 1. The van der Waals surface area contributed by atoms with E-state index >= 15 is 0 Å². The third-order valence-corrected chi connectivity index (χ3v) is 5.03. The smallest absolute Gasteiger partial charge is 0.266 e. The first-order chi connectivity index (χ1) is 13.0. The van der Waals surface area contributed by atoms with Crippen LogP contribution in [-0.4, -0.2) is 42.6 Å². The Labute approximate surface area is 162 Å². The SMILES string of the molecule is Cc1cc(OCC(=O)N2CCN(C)c3nc4ccccc4nc32)ccc1Cl. The number of anilines is 2. The number of hydrogen-bond donors (Lipinski definition) is 0. The number of benzene rings is 2. The van der Waals surface area contributed by atoms with Gasteiger partial charge in [0.15, 0.2) is 18.2 Å². The number of nitrogens with zero attached hydrogens (tertiary/aromatic N) is 4. The molecule has 27 heavy (non-hydrogen) atoms. The largest absolute Gasteiger partial charge is 0.484 e. The zero-order chi connectivity index (χ0) is 19.0. The predicted molar refractivity (Wildman–Crippen MR) is 107 cm³/mol. The average Bonchev–Trinajstić information content (AvgIpc) is 2.68. The molecule has 0 N–H and O–H groups in total. The van der Waals surface area contributed by atoms with E-state index in [4.69, 9.17) is 16.3 Å². The lowest BCUT2D eigenvalue weighted by molar-refractivity contribution is -0.120. The van der Waals surface area contributed by atoms with E-state index in [0.717, 1.165) is 16.6 Å². The van der Waals surface area contributed by atoms with E-state index in [0.29, 0.717) is 35.5 Å². The zero-order valence-electron chi connectivity index (χ0n) is 15.1. The quantitative estimate of drug-likeness (QED) is 0.694. The van der Waals surface area contributed by atoms with Crippen LogP contribution < -0.4 is 14.5 Å². The lowest BCUT2D eigenvalue weighted by Gasteiger charge is -2.33. The molecule has 0 fully saturated rings. The summed E-state index contributed by atoms with van der Waals surface area (Å²) >= 11 is 6.03. The summed E-state index contributed by atoms with van der Waals surface area (Å²) in [5.74, 6) is 1.74. The molecule has 1 aliphatic rings. The van der Waals surface area contributed by atoms with E-state index in [1.807, 2.05) is 49.2 Å². The monoisotopic (exact) mass is 382 g/mol. The highest BCUT2D eigenvalue weighted by Crippen LogP contribution is 2.30. The molecule has 0 unspecified atom stereocenters. The molecule has 0 spiro atoms. The topological polar surface area (TPSA) is 58.6 Å². The summed E-state index contributed by atoms with van der Waals surface area (Å²) in [6, 6.07) is 13.0. The molecule has 3 aromatic rings. The van der Waals surface area contributed by atoms with Crippen LogP contribution in [0, 0.1) is 6.92 Å². The van der Waals surface area contributed by atoms with Crippen LogP contribution in [0.15, 0.2) is 42.5 Å². The van der Waals surface area contributed by atoms with Crippen LogP contribution >= 0.6 is 11.6 Å². The molecule has 4 rings (SSSR count). The first kappa shape index (κ1) is 17.5. The number of fused-ring (bicyclic) bond motifs is 2. The molecule has 2 heterocycles. The molecule has 2 aromatic carbocycles. The molecule has 1 aromatic heterocycles. The minimum Gasteiger partial charge on any atom is -0.484 e. The zero-order valence-corrected chi connectivity index (χ0v) is 15.9. The maximum Gasteiger partial charge on any atom is 0.266 e. The fourth-order valence-electron chi connectivity index (χ4n) is 3.05. The van der Waals surface area contributed by atoms with E-state index in [1.165, 1.54) is 0 Å². The number of rotatable bonds is 3. The van der Waals surface area contributed by atoms with Gasteiger partial charge in [0.25, 0.3) is 5.91 Å². The summed E-state index contributed by atoms with van der Waals surface area (Å²) in [7, 11) is 1.96. The third-order valence-electron chi connectivity index (χ3n) is 4.60. The number of para-hydroxylation sites is 2. The van der Waals surface area contributed by atoms with E-state index in [1.54, 1.807) is 17.0 Å². The van der Waals surface area contributed by atoms with Crippen molar-refractivity contribution in [2.75, 3.05) is 36.5 Å². The van der Waals surface area contributed by atoms with Crippen molar-refractivity contribution in [3.05, 3.63) is 53.1 Å². The molecule has 0 saturated heterocycles. The fourth-order valence-corrected chi connectivity index (χ4v) is 3.17. The van der Waals surface area contributed by atoms with Crippen molar-refractivity contribution >= 4 is 40.2 Å². The van der Waals surface area contributed by atoms with Gasteiger partial charge in [-0.15, -0.1) is 0 Å². The van der Waals surface area contributed by atoms with Crippen LogP contribution in [-0.2, 0) is 4.79 Å². The highest BCUT2D eigenvalue weighted by atomic mass is 35.5. The molecule has 1 aliphatic heterocycles. The van der Waals surface area contributed by atoms with Gasteiger partial charge in [-0.3, -0.25) is 9.69 Å². The lowest BCUT2D eigenvalue weighted by Crippen LogP contribution is -2.45. The Morgan fingerprint density at radius 1 is 1.11 bits per heavy atom. The van der Waals surface area contributed by atoms with Gasteiger partial charge in [-0.05, 0) is 42.8 Å². The second kappa shape index (κ2) is 7.04. The van der Waals surface area contributed by atoms with Crippen molar-refractivity contribution in [3.8, 4) is 5.75 Å². The van der Waals surface area contributed by atoms with Crippen molar-refractivity contribution in [1.29, 1.82) is 0 Å². The second-order valence-corrected chi connectivity index (χ2v) is 6.93. The van der Waals surface area contributed by atoms with Crippen LogP contribution in [0.5, 0.6) is 5.75 Å². The number of carbonyl (C=O) groups excluding carboxylic acids is 1. The standard InChI is InChI=1S/C20H19ClN4O2/c1-13-11-14(7-8-15(13)21)27-12-18(26)25-10-9-24(2)19-20(25)23-17-6-4-3-5-16(17)22-19/h3-8,11H,9-10,12H2,1-2H3. The Morgan fingerprint density at radius 2 is 1.81 bits per heavy atom. The predicted octanol–water partition coefficient (Wildman–Crippen LogP) is 3.45. The third kappa shape index (κ3) is 3.40. The Balaban J connectivity index is 1.58. The van der Waals surface area contributed by atoms with Crippen molar-refractivity contribution in [2.45, 2.75) is 6.92 Å². The summed E-state index contributed by atoms with van der Waals surface area (Å²) in [6.45, 7) is 3.05. The van der Waals surface area contributed by atoms with Crippen molar-refractivity contribution in [3.63, 3.8) is 0 Å². The molecule has 6 nitrogen and oxygen atoms in total. The molecule has 138 valence electrons. The Hall–Kier alpha value is -2.86. The molecule has 0 bridgehead atoms. The number of likely N-dealkylation sites (N-methyl/N-ethyl adjacent to an activating group) is 1. The van der Waals surface area contributed by atoms with E-state index < -0.39 is 0 Å². The summed E-state index contributed by atoms with van der Waals surface area (Å²) in [6.07, 6.45) is 0. The average molecular weight is 383 g/mol. The van der Waals surface area contributed by atoms with Gasteiger partial charge in [0.2, 0.25) is 0 Å². The van der Waals surface area contributed by atoms with Gasteiger partial charge in [0, 0.05) is 25.2 Å². The molecule has 0 aliphatic carbocycles. The van der Waals surface area contributed by atoms with Crippen LogP contribution in [0.25, 0.3) is 11.0 Å². The van der Waals surface area contributed by atoms with Crippen LogP contribution in [0.3, 0.4) is 0 Å².